The van der Waals surface area contributed by atoms with Crippen LogP contribution in [-0.2, 0) is 22.6 Å². The van der Waals surface area contributed by atoms with Crippen molar-refractivity contribution in [3.05, 3.63) is 77.6 Å². The molecule has 4 rings (SSSR count). The standard InChI is InChI=1S/C27H27FN2O5/c1-17-27(32)30(16-19-6-4-5-7-21(19)28)22-15-20(10-12-23(22)35-17)29-26(31)13-9-18-8-11-24(33-2)25(14-18)34-3/h4-8,10-12,14-15,17H,9,13,16H2,1-3H3,(H,29,31). The zero-order valence-corrected chi connectivity index (χ0v) is 19.8. The average molecular weight is 479 g/mol. The number of hydrogen-bond acceptors (Lipinski definition) is 5. The van der Waals surface area contributed by atoms with Crippen molar-refractivity contribution in [3.8, 4) is 17.2 Å². The second-order valence-electron chi connectivity index (χ2n) is 8.20. The monoisotopic (exact) mass is 478 g/mol. The van der Waals surface area contributed by atoms with Gasteiger partial charge in [-0.05, 0) is 55.3 Å². The van der Waals surface area contributed by atoms with Crippen LogP contribution in [0.5, 0.6) is 17.2 Å². The van der Waals surface area contributed by atoms with Gasteiger partial charge in [0.2, 0.25) is 5.91 Å². The van der Waals surface area contributed by atoms with Gasteiger partial charge in [-0.3, -0.25) is 9.59 Å². The Morgan fingerprint density at radius 1 is 1.06 bits per heavy atom. The smallest absolute Gasteiger partial charge is 0.268 e. The molecule has 0 fully saturated rings. The molecule has 7 nitrogen and oxygen atoms in total. The maximum absolute atomic E-state index is 14.3. The molecule has 0 spiro atoms. The molecule has 0 saturated heterocycles. The van der Waals surface area contributed by atoms with Crippen molar-refractivity contribution in [2.75, 3.05) is 24.4 Å². The number of ether oxygens (including phenoxy) is 3. The van der Waals surface area contributed by atoms with Crippen molar-refractivity contribution < 1.29 is 28.2 Å². The predicted octanol–water partition coefficient (Wildman–Crippen LogP) is 4.73. The van der Waals surface area contributed by atoms with Crippen molar-refractivity contribution in [1.29, 1.82) is 0 Å². The van der Waals surface area contributed by atoms with Gasteiger partial charge in [-0.1, -0.05) is 24.3 Å². The summed E-state index contributed by atoms with van der Waals surface area (Å²) in [5, 5.41) is 2.87. The summed E-state index contributed by atoms with van der Waals surface area (Å²) in [4.78, 5) is 27.0. The lowest BCUT2D eigenvalue weighted by molar-refractivity contribution is -0.125. The number of methoxy groups -OCH3 is 2. The highest BCUT2D eigenvalue weighted by molar-refractivity contribution is 6.01. The molecule has 3 aromatic rings. The van der Waals surface area contributed by atoms with Crippen molar-refractivity contribution in [2.24, 2.45) is 0 Å². The van der Waals surface area contributed by atoms with Crippen LogP contribution in [0.25, 0.3) is 0 Å². The number of aryl methyl sites for hydroxylation is 1. The summed E-state index contributed by atoms with van der Waals surface area (Å²) < 4.78 is 30.6. The number of carbonyl (C=O) groups is 2. The summed E-state index contributed by atoms with van der Waals surface area (Å²) in [5.41, 5.74) is 2.33. The van der Waals surface area contributed by atoms with E-state index in [1.807, 2.05) is 12.1 Å². The predicted molar refractivity (Wildman–Crippen MR) is 131 cm³/mol. The average Bonchev–Trinajstić information content (AvgIpc) is 2.86. The van der Waals surface area contributed by atoms with Crippen molar-refractivity contribution >= 4 is 23.2 Å². The molecule has 0 saturated carbocycles. The highest BCUT2D eigenvalue weighted by atomic mass is 19.1. The third kappa shape index (κ3) is 5.37. The Bertz CT molecular complexity index is 1250. The molecule has 0 aromatic heterocycles. The first kappa shape index (κ1) is 24.1. The molecular weight excluding hydrogens is 451 g/mol. The van der Waals surface area contributed by atoms with E-state index in [0.29, 0.717) is 40.6 Å². The zero-order chi connectivity index (χ0) is 24.9. The second-order valence-corrected chi connectivity index (χ2v) is 8.20. The van der Waals surface area contributed by atoms with Gasteiger partial charge in [-0.15, -0.1) is 0 Å². The first-order valence-electron chi connectivity index (χ1n) is 11.3. The number of rotatable bonds is 8. The fourth-order valence-electron chi connectivity index (χ4n) is 3.96. The van der Waals surface area contributed by atoms with Crippen LogP contribution in [-0.4, -0.2) is 32.1 Å². The van der Waals surface area contributed by atoms with Crippen LogP contribution in [0.2, 0.25) is 0 Å². The molecule has 1 aliphatic rings. The van der Waals surface area contributed by atoms with Crippen molar-refractivity contribution in [1.82, 2.24) is 0 Å². The largest absolute Gasteiger partial charge is 0.493 e. The summed E-state index contributed by atoms with van der Waals surface area (Å²) in [6.45, 7) is 1.71. The maximum Gasteiger partial charge on any atom is 0.268 e. The summed E-state index contributed by atoms with van der Waals surface area (Å²) in [6, 6.07) is 17.0. The molecule has 8 heteroatoms. The quantitative estimate of drug-likeness (QED) is 0.507. The molecule has 1 heterocycles. The van der Waals surface area contributed by atoms with Gasteiger partial charge in [0.15, 0.2) is 17.6 Å². The minimum absolute atomic E-state index is 0.0584. The molecule has 3 aromatic carbocycles. The zero-order valence-electron chi connectivity index (χ0n) is 19.8. The van der Waals surface area contributed by atoms with E-state index in [-0.39, 0.29) is 30.6 Å². The fraction of sp³-hybridized carbons (Fsp3) is 0.259. The summed E-state index contributed by atoms with van der Waals surface area (Å²) >= 11 is 0. The van der Waals surface area contributed by atoms with Gasteiger partial charge < -0.3 is 24.4 Å². The third-order valence-corrected chi connectivity index (χ3v) is 5.83. The number of halogens is 1. The summed E-state index contributed by atoms with van der Waals surface area (Å²) in [7, 11) is 3.13. The first-order valence-corrected chi connectivity index (χ1v) is 11.3. The molecule has 1 aliphatic heterocycles. The van der Waals surface area contributed by atoms with E-state index in [1.165, 1.54) is 11.0 Å². The summed E-state index contributed by atoms with van der Waals surface area (Å²) in [6.07, 6.45) is 0.0596. The molecule has 0 radical (unpaired) electrons. The van der Waals surface area contributed by atoms with Crippen LogP contribution >= 0.6 is 0 Å². The number of nitrogens with one attached hydrogen (secondary N) is 1. The van der Waals surface area contributed by atoms with Crippen LogP contribution in [0.1, 0.15) is 24.5 Å². The highest BCUT2D eigenvalue weighted by Gasteiger charge is 2.32. The molecule has 1 unspecified atom stereocenters. The minimum atomic E-state index is -0.698. The van der Waals surface area contributed by atoms with Gasteiger partial charge in [0.05, 0.1) is 26.5 Å². The fourth-order valence-corrected chi connectivity index (χ4v) is 3.96. The van der Waals surface area contributed by atoms with Gasteiger partial charge in [0, 0.05) is 17.7 Å². The van der Waals surface area contributed by atoms with E-state index in [2.05, 4.69) is 5.32 Å². The Hall–Kier alpha value is -4.07. The second kappa shape index (κ2) is 10.5. The minimum Gasteiger partial charge on any atom is -0.493 e. The van der Waals surface area contributed by atoms with E-state index in [1.54, 1.807) is 63.6 Å². The topological polar surface area (TPSA) is 77.1 Å². The number of carbonyl (C=O) groups excluding carboxylic acids is 2. The Kier molecular flexibility index (Phi) is 7.19. The van der Waals surface area contributed by atoms with Gasteiger partial charge >= 0.3 is 0 Å². The van der Waals surface area contributed by atoms with Crippen LogP contribution in [0, 0.1) is 5.82 Å². The molecule has 2 amide bonds. The van der Waals surface area contributed by atoms with Crippen LogP contribution in [0.3, 0.4) is 0 Å². The van der Waals surface area contributed by atoms with Crippen molar-refractivity contribution in [2.45, 2.75) is 32.4 Å². The summed E-state index contributed by atoms with van der Waals surface area (Å²) in [5.74, 6) is 0.876. The van der Waals surface area contributed by atoms with E-state index in [9.17, 15) is 14.0 Å². The number of fused-ring (bicyclic) bond motifs is 1. The number of amides is 2. The lowest BCUT2D eigenvalue weighted by Crippen LogP contribution is -2.44. The Labute approximate surface area is 203 Å². The van der Waals surface area contributed by atoms with Crippen LogP contribution in [0.4, 0.5) is 15.8 Å². The Morgan fingerprint density at radius 2 is 1.83 bits per heavy atom. The van der Waals surface area contributed by atoms with E-state index in [0.717, 1.165) is 5.56 Å². The molecule has 182 valence electrons. The number of hydrogen-bond donors (Lipinski definition) is 1. The maximum atomic E-state index is 14.3. The number of nitrogens with zero attached hydrogens (tertiary/aromatic N) is 1. The van der Waals surface area contributed by atoms with E-state index >= 15 is 0 Å². The number of benzene rings is 3. The van der Waals surface area contributed by atoms with Gasteiger partial charge in [-0.25, -0.2) is 4.39 Å². The highest BCUT2D eigenvalue weighted by Crippen LogP contribution is 2.37. The van der Waals surface area contributed by atoms with Crippen molar-refractivity contribution in [3.63, 3.8) is 0 Å². The van der Waals surface area contributed by atoms with Crippen LogP contribution in [0.15, 0.2) is 60.7 Å². The first-order chi connectivity index (χ1) is 16.9. The van der Waals surface area contributed by atoms with E-state index in [4.69, 9.17) is 14.2 Å². The lowest BCUT2D eigenvalue weighted by atomic mass is 10.1. The lowest BCUT2D eigenvalue weighted by Gasteiger charge is -2.33. The molecule has 1 atom stereocenters. The van der Waals surface area contributed by atoms with Gasteiger partial charge in [-0.2, -0.15) is 0 Å². The third-order valence-electron chi connectivity index (χ3n) is 5.83. The van der Waals surface area contributed by atoms with Gasteiger partial charge in [0.25, 0.3) is 5.91 Å². The Balaban J connectivity index is 1.48. The Morgan fingerprint density at radius 3 is 2.57 bits per heavy atom. The van der Waals surface area contributed by atoms with E-state index < -0.39 is 6.10 Å². The molecule has 1 N–H and O–H groups in total. The number of anilines is 2. The molecule has 0 bridgehead atoms. The van der Waals surface area contributed by atoms with Crippen LogP contribution < -0.4 is 24.4 Å². The normalized spacial score (nSPS) is 14.7. The molecular formula is C27H27FN2O5. The van der Waals surface area contributed by atoms with Gasteiger partial charge in [0.1, 0.15) is 11.6 Å². The molecule has 0 aliphatic carbocycles. The molecule has 35 heavy (non-hydrogen) atoms. The SMILES string of the molecule is COc1ccc(CCC(=O)Nc2ccc3c(c2)N(Cc2ccccc2F)C(=O)C(C)O3)cc1OC.